The molecule has 0 N–H and O–H groups in total. The number of hydrogen-bond donors (Lipinski definition) is 0. The highest BCUT2D eigenvalue weighted by Gasteiger charge is 2.06. The molecule has 0 aromatic heterocycles. The number of alkyl halides is 1. The van der Waals surface area contributed by atoms with Crippen LogP contribution in [0.25, 0.3) is 0 Å². The lowest BCUT2D eigenvalue weighted by atomic mass is 10.0. The van der Waals surface area contributed by atoms with Crippen LogP contribution < -0.4 is 0 Å². The largest absolute Gasteiger partial charge is 0.469 e. The first-order chi connectivity index (χ1) is 7.17. The van der Waals surface area contributed by atoms with Crippen molar-refractivity contribution in [2.75, 3.05) is 7.11 Å². The van der Waals surface area contributed by atoms with Gasteiger partial charge in [-0.05, 0) is 29.7 Å². The molecule has 1 aromatic rings. The van der Waals surface area contributed by atoms with Crippen LogP contribution in [-0.2, 0) is 21.8 Å². The molecule has 0 fully saturated rings. The van der Waals surface area contributed by atoms with Crippen molar-refractivity contribution in [3.63, 3.8) is 0 Å². The summed E-state index contributed by atoms with van der Waals surface area (Å²) in [7, 11) is 1.39. The van der Waals surface area contributed by atoms with E-state index in [1.165, 1.54) is 7.11 Å². The lowest BCUT2D eigenvalue weighted by Gasteiger charge is -2.06. The predicted molar refractivity (Wildman–Crippen MR) is 64.0 cm³/mol. The first-order valence-corrected chi connectivity index (χ1v) is 5.90. The fourth-order valence-electron chi connectivity index (χ4n) is 1.30. The highest BCUT2D eigenvalue weighted by molar-refractivity contribution is 9.10. The van der Waals surface area contributed by atoms with Crippen LogP contribution in [0.3, 0.4) is 0 Å². The van der Waals surface area contributed by atoms with Gasteiger partial charge in [0.05, 0.1) is 7.11 Å². The fraction of sp³-hybridized carbons (Fsp3) is 0.364. The number of benzene rings is 1. The molecule has 0 spiro atoms. The molecule has 0 aliphatic heterocycles. The molecule has 82 valence electrons. The Morgan fingerprint density at radius 3 is 2.80 bits per heavy atom. The van der Waals surface area contributed by atoms with E-state index in [2.05, 4.69) is 20.7 Å². The molecule has 15 heavy (non-hydrogen) atoms. The van der Waals surface area contributed by atoms with Gasteiger partial charge >= 0.3 is 5.97 Å². The van der Waals surface area contributed by atoms with E-state index in [0.717, 1.165) is 15.6 Å². The van der Waals surface area contributed by atoms with Crippen LogP contribution in [0.4, 0.5) is 0 Å². The molecule has 0 heterocycles. The summed E-state index contributed by atoms with van der Waals surface area (Å²) < 4.78 is 5.59. The van der Waals surface area contributed by atoms with Crippen molar-refractivity contribution in [3.8, 4) is 0 Å². The number of rotatable bonds is 4. The van der Waals surface area contributed by atoms with E-state index in [-0.39, 0.29) is 5.97 Å². The Morgan fingerprint density at radius 1 is 1.47 bits per heavy atom. The SMILES string of the molecule is COC(=O)CCc1cc(Br)ccc1CCl. The summed E-state index contributed by atoms with van der Waals surface area (Å²) >= 11 is 9.19. The molecule has 4 heteroatoms. The highest BCUT2D eigenvalue weighted by Crippen LogP contribution is 2.19. The van der Waals surface area contributed by atoms with Gasteiger partial charge in [-0.25, -0.2) is 0 Å². The van der Waals surface area contributed by atoms with Gasteiger partial charge < -0.3 is 4.74 Å². The fourth-order valence-corrected chi connectivity index (χ4v) is 1.97. The molecule has 1 aromatic carbocycles. The summed E-state index contributed by atoms with van der Waals surface area (Å²) in [4.78, 5) is 11.0. The summed E-state index contributed by atoms with van der Waals surface area (Å²) in [5.74, 6) is 0.263. The summed E-state index contributed by atoms with van der Waals surface area (Å²) in [6, 6.07) is 5.89. The molecule has 2 nitrogen and oxygen atoms in total. The third kappa shape index (κ3) is 3.84. The molecule has 0 radical (unpaired) electrons. The predicted octanol–water partition coefficient (Wildman–Crippen LogP) is 3.29. The lowest BCUT2D eigenvalue weighted by molar-refractivity contribution is -0.140. The number of carbonyl (C=O) groups is 1. The molecule has 1 rings (SSSR count). The minimum atomic E-state index is -0.199. The Morgan fingerprint density at radius 2 is 2.20 bits per heavy atom. The van der Waals surface area contributed by atoms with E-state index in [9.17, 15) is 4.79 Å². The Hall–Kier alpha value is -0.540. The zero-order valence-electron chi connectivity index (χ0n) is 8.43. The Kier molecular flexibility index (Phi) is 5.12. The number of aryl methyl sites for hydroxylation is 1. The van der Waals surface area contributed by atoms with Crippen molar-refractivity contribution < 1.29 is 9.53 Å². The summed E-state index contributed by atoms with van der Waals surface area (Å²) in [5, 5.41) is 0. The molecule has 0 aliphatic rings. The van der Waals surface area contributed by atoms with Crippen molar-refractivity contribution in [1.29, 1.82) is 0 Å². The van der Waals surface area contributed by atoms with Gasteiger partial charge in [0.25, 0.3) is 0 Å². The Bertz CT molecular complexity index is 352. The van der Waals surface area contributed by atoms with Crippen LogP contribution in [0.2, 0.25) is 0 Å². The number of carbonyl (C=O) groups excluding carboxylic acids is 1. The topological polar surface area (TPSA) is 26.3 Å². The Balaban J connectivity index is 2.74. The van der Waals surface area contributed by atoms with Crippen LogP contribution in [0, 0.1) is 0 Å². The smallest absolute Gasteiger partial charge is 0.305 e. The lowest BCUT2D eigenvalue weighted by Crippen LogP contribution is -2.03. The maximum absolute atomic E-state index is 11.0. The maximum Gasteiger partial charge on any atom is 0.305 e. The second-order valence-electron chi connectivity index (χ2n) is 3.12. The second-order valence-corrected chi connectivity index (χ2v) is 4.31. The van der Waals surface area contributed by atoms with Gasteiger partial charge in [-0.3, -0.25) is 4.79 Å². The van der Waals surface area contributed by atoms with E-state index in [1.807, 2.05) is 18.2 Å². The summed E-state index contributed by atoms with van der Waals surface area (Å²) in [6.07, 6.45) is 1.05. The highest BCUT2D eigenvalue weighted by atomic mass is 79.9. The van der Waals surface area contributed by atoms with Gasteiger partial charge in [0.15, 0.2) is 0 Å². The van der Waals surface area contributed by atoms with Crippen LogP contribution in [-0.4, -0.2) is 13.1 Å². The molecule has 0 amide bonds. The zero-order chi connectivity index (χ0) is 11.3. The first-order valence-electron chi connectivity index (χ1n) is 4.57. The van der Waals surface area contributed by atoms with E-state index in [4.69, 9.17) is 11.6 Å². The minimum Gasteiger partial charge on any atom is -0.469 e. The van der Waals surface area contributed by atoms with Crippen LogP contribution in [0.15, 0.2) is 22.7 Å². The first kappa shape index (κ1) is 12.5. The molecular formula is C11H12BrClO2. The number of esters is 1. The van der Waals surface area contributed by atoms with E-state index in [0.29, 0.717) is 18.7 Å². The van der Waals surface area contributed by atoms with E-state index in [1.54, 1.807) is 0 Å². The standard InChI is InChI=1S/C11H12BrClO2/c1-15-11(14)5-3-8-6-10(12)4-2-9(8)7-13/h2,4,6H,3,5,7H2,1H3. The molecule has 0 bridgehead atoms. The van der Waals surface area contributed by atoms with Crippen LogP contribution in [0.1, 0.15) is 17.5 Å². The van der Waals surface area contributed by atoms with Crippen molar-refractivity contribution in [2.24, 2.45) is 0 Å². The van der Waals surface area contributed by atoms with Gasteiger partial charge in [-0.1, -0.05) is 22.0 Å². The molecule has 0 aliphatic carbocycles. The van der Waals surface area contributed by atoms with Crippen molar-refractivity contribution >= 4 is 33.5 Å². The van der Waals surface area contributed by atoms with Gasteiger partial charge in [-0.15, -0.1) is 11.6 Å². The number of methoxy groups -OCH3 is 1. The average molecular weight is 292 g/mol. The Labute approximate surface area is 103 Å². The van der Waals surface area contributed by atoms with Gasteiger partial charge in [0.1, 0.15) is 0 Å². The van der Waals surface area contributed by atoms with Gasteiger partial charge in [0, 0.05) is 16.8 Å². The number of halogens is 2. The molecule has 0 unspecified atom stereocenters. The van der Waals surface area contributed by atoms with Crippen molar-refractivity contribution in [3.05, 3.63) is 33.8 Å². The number of ether oxygens (including phenoxy) is 1. The van der Waals surface area contributed by atoms with E-state index < -0.39 is 0 Å². The van der Waals surface area contributed by atoms with Crippen LogP contribution in [0.5, 0.6) is 0 Å². The number of hydrogen-bond acceptors (Lipinski definition) is 2. The van der Waals surface area contributed by atoms with Gasteiger partial charge in [0.2, 0.25) is 0 Å². The molecular weight excluding hydrogens is 279 g/mol. The zero-order valence-corrected chi connectivity index (χ0v) is 10.8. The minimum absolute atomic E-state index is 0.199. The maximum atomic E-state index is 11.0. The van der Waals surface area contributed by atoms with Crippen molar-refractivity contribution in [1.82, 2.24) is 0 Å². The molecule has 0 saturated carbocycles. The summed E-state index contributed by atoms with van der Waals surface area (Å²) in [5.41, 5.74) is 2.15. The quantitative estimate of drug-likeness (QED) is 0.628. The molecule has 0 saturated heterocycles. The van der Waals surface area contributed by atoms with Crippen molar-refractivity contribution in [2.45, 2.75) is 18.7 Å². The average Bonchev–Trinajstić information content (AvgIpc) is 2.26. The monoisotopic (exact) mass is 290 g/mol. The third-order valence-corrected chi connectivity index (χ3v) is 2.92. The van der Waals surface area contributed by atoms with Gasteiger partial charge in [-0.2, -0.15) is 0 Å². The summed E-state index contributed by atoms with van der Waals surface area (Å²) in [6.45, 7) is 0. The molecule has 0 atom stereocenters. The van der Waals surface area contributed by atoms with Crippen LogP contribution >= 0.6 is 27.5 Å². The third-order valence-electron chi connectivity index (χ3n) is 2.14. The second kappa shape index (κ2) is 6.13. The normalized spacial score (nSPS) is 10.1. The van der Waals surface area contributed by atoms with E-state index >= 15 is 0 Å².